The van der Waals surface area contributed by atoms with Crippen LogP contribution >= 0.6 is 0 Å². The van der Waals surface area contributed by atoms with Gasteiger partial charge in [0.15, 0.2) is 0 Å². The zero-order valence-corrected chi connectivity index (χ0v) is 24.8. The number of anilines is 2. The summed E-state index contributed by atoms with van der Waals surface area (Å²) in [7, 11) is 0. The van der Waals surface area contributed by atoms with Crippen molar-refractivity contribution in [2.45, 2.75) is 34.2 Å². The first-order valence-electron chi connectivity index (χ1n) is 14.8. The Kier molecular flexibility index (Phi) is 6.52. The molecule has 0 aliphatic carbocycles. The van der Waals surface area contributed by atoms with Gasteiger partial charge in [-0.2, -0.15) is 0 Å². The molecule has 0 aromatic heterocycles. The van der Waals surface area contributed by atoms with Crippen molar-refractivity contribution in [3.63, 3.8) is 0 Å². The summed E-state index contributed by atoms with van der Waals surface area (Å²) in [4.78, 5) is 2.49. The Labute approximate surface area is 249 Å². The quantitative estimate of drug-likeness (QED) is 0.214. The summed E-state index contributed by atoms with van der Waals surface area (Å²) in [6, 6.07) is 47.2. The molecule has 42 heavy (non-hydrogen) atoms. The first-order valence-corrected chi connectivity index (χ1v) is 14.8. The lowest BCUT2D eigenvalue weighted by atomic mass is 9.87. The van der Waals surface area contributed by atoms with Crippen LogP contribution in [0.2, 0.25) is 0 Å². The summed E-state index contributed by atoms with van der Waals surface area (Å²) < 4.78 is 0. The van der Waals surface area contributed by atoms with Crippen LogP contribution in [0.15, 0.2) is 127 Å². The minimum absolute atomic E-state index is 0.822. The van der Waals surface area contributed by atoms with Crippen LogP contribution in [0, 0.1) is 27.7 Å². The molecule has 1 heteroatoms. The SMILES string of the molecule is Cc1ccc(-c2ccc3c(c2)CN(c2ccc(-c4ccccc4)cc2)c2cc(-c4ccc(C)cc4C)ccc2-3)c(C)c1. The monoisotopic (exact) mass is 541 g/mol. The summed E-state index contributed by atoms with van der Waals surface area (Å²) in [5.74, 6) is 0. The van der Waals surface area contributed by atoms with Crippen LogP contribution in [0.4, 0.5) is 11.4 Å². The fourth-order valence-electron chi connectivity index (χ4n) is 6.53. The van der Waals surface area contributed by atoms with E-state index in [9.17, 15) is 0 Å². The zero-order valence-electron chi connectivity index (χ0n) is 24.8. The maximum atomic E-state index is 2.49. The van der Waals surface area contributed by atoms with E-state index in [0.29, 0.717) is 0 Å². The van der Waals surface area contributed by atoms with Crippen molar-refractivity contribution in [3.05, 3.63) is 155 Å². The summed E-state index contributed by atoms with van der Waals surface area (Å²) in [6.07, 6.45) is 0. The maximum Gasteiger partial charge on any atom is 0.0499 e. The molecule has 204 valence electrons. The first-order chi connectivity index (χ1) is 20.4. The number of benzene rings is 6. The van der Waals surface area contributed by atoms with E-state index in [4.69, 9.17) is 0 Å². The van der Waals surface area contributed by atoms with Crippen LogP contribution in [0.5, 0.6) is 0 Å². The van der Waals surface area contributed by atoms with E-state index in [2.05, 4.69) is 160 Å². The van der Waals surface area contributed by atoms with Gasteiger partial charge in [0, 0.05) is 23.5 Å². The molecule has 0 N–H and O–H groups in total. The molecule has 1 aliphatic rings. The normalized spacial score (nSPS) is 12.1. The molecule has 6 aromatic rings. The number of hydrogen-bond donors (Lipinski definition) is 0. The number of nitrogens with zero attached hydrogens (tertiary/aromatic N) is 1. The zero-order chi connectivity index (χ0) is 28.8. The summed E-state index contributed by atoms with van der Waals surface area (Å²) in [5, 5.41) is 0. The standard InChI is InChI=1S/C41H35N/c1-27-10-18-37(29(3)22-27)33-14-20-39-35(24-33)26-42(36-16-12-32(13-17-36)31-8-6-5-7-9-31)41-25-34(15-21-40(39)41)38-19-11-28(2)23-30(38)4/h5-25H,26H2,1-4H3. The van der Waals surface area contributed by atoms with Crippen molar-refractivity contribution >= 4 is 11.4 Å². The predicted octanol–water partition coefficient (Wildman–Crippen LogP) is 11.2. The van der Waals surface area contributed by atoms with Gasteiger partial charge in [-0.05, 0) is 108 Å². The van der Waals surface area contributed by atoms with Crippen LogP contribution in [0.3, 0.4) is 0 Å². The smallest absolute Gasteiger partial charge is 0.0499 e. The summed E-state index contributed by atoms with van der Waals surface area (Å²) >= 11 is 0. The van der Waals surface area contributed by atoms with Crippen molar-refractivity contribution < 1.29 is 0 Å². The van der Waals surface area contributed by atoms with Crippen molar-refractivity contribution in [1.29, 1.82) is 0 Å². The Morgan fingerprint density at radius 2 is 0.952 bits per heavy atom. The van der Waals surface area contributed by atoms with Gasteiger partial charge in [-0.25, -0.2) is 0 Å². The molecule has 0 atom stereocenters. The number of hydrogen-bond acceptors (Lipinski definition) is 1. The topological polar surface area (TPSA) is 3.24 Å². The van der Waals surface area contributed by atoms with Gasteiger partial charge in [0.1, 0.15) is 0 Å². The van der Waals surface area contributed by atoms with E-state index in [-0.39, 0.29) is 0 Å². The van der Waals surface area contributed by atoms with Crippen molar-refractivity contribution in [2.75, 3.05) is 4.90 Å². The van der Waals surface area contributed by atoms with E-state index in [1.165, 1.54) is 83.7 Å². The second kappa shape index (κ2) is 10.5. The van der Waals surface area contributed by atoms with E-state index in [0.717, 1.165) is 6.54 Å². The highest BCUT2D eigenvalue weighted by molar-refractivity contribution is 5.91. The van der Waals surface area contributed by atoms with Gasteiger partial charge in [0.05, 0.1) is 0 Å². The van der Waals surface area contributed by atoms with Gasteiger partial charge in [-0.15, -0.1) is 0 Å². The van der Waals surface area contributed by atoms with Gasteiger partial charge in [0.2, 0.25) is 0 Å². The van der Waals surface area contributed by atoms with E-state index in [1.54, 1.807) is 0 Å². The lowest BCUT2D eigenvalue weighted by molar-refractivity contribution is 0.962. The fraction of sp³-hybridized carbons (Fsp3) is 0.122. The molecule has 0 saturated heterocycles. The molecule has 0 radical (unpaired) electrons. The van der Waals surface area contributed by atoms with Crippen molar-refractivity contribution in [2.24, 2.45) is 0 Å². The number of aryl methyl sites for hydroxylation is 4. The van der Waals surface area contributed by atoms with Crippen LogP contribution < -0.4 is 4.90 Å². The second-order valence-electron chi connectivity index (χ2n) is 11.7. The Morgan fingerprint density at radius 1 is 0.429 bits per heavy atom. The maximum absolute atomic E-state index is 2.49. The number of fused-ring (bicyclic) bond motifs is 3. The molecule has 0 saturated carbocycles. The molecule has 0 fully saturated rings. The average molecular weight is 542 g/mol. The molecule has 7 rings (SSSR count). The summed E-state index contributed by atoms with van der Waals surface area (Å²) in [5.41, 5.74) is 19.2. The third-order valence-corrected chi connectivity index (χ3v) is 8.68. The highest BCUT2D eigenvalue weighted by Gasteiger charge is 2.25. The van der Waals surface area contributed by atoms with Gasteiger partial charge in [-0.3, -0.25) is 0 Å². The van der Waals surface area contributed by atoms with Crippen molar-refractivity contribution in [3.8, 4) is 44.5 Å². The van der Waals surface area contributed by atoms with Gasteiger partial charge in [0.25, 0.3) is 0 Å². The molecular weight excluding hydrogens is 506 g/mol. The molecule has 0 amide bonds. The second-order valence-corrected chi connectivity index (χ2v) is 11.7. The van der Waals surface area contributed by atoms with E-state index < -0.39 is 0 Å². The molecule has 0 spiro atoms. The lowest BCUT2D eigenvalue weighted by Gasteiger charge is -2.34. The van der Waals surface area contributed by atoms with E-state index >= 15 is 0 Å². The molecule has 0 unspecified atom stereocenters. The highest BCUT2D eigenvalue weighted by atomic mass is 15.1. The van der Waals surface area contributed by atoms with Crippen molar-refractivity contribution in [1.82, 2.24) is 0 Å². The minimum Gasteiger partial charge on any atom is -0.336 e. The molecule has 1 aliphatic heterocycles. The predicted molar refractivity (Wildman–Crippen MR) is 179 cm³/mol. The van der Waals surface area contributed by atoms with Gasteiger partial charge < -0.3 is 4.90 Å². The third kappa shape index (κ3) is 4.72. The Bertz CT molecular complexity index is 1930. The molecule has 0 bridgehead atoms. The van der Waals surface area contributed by atoms with Gasteiger partial charge in [-0.1, -0.05) is 114 Å². The minimum atomic E-state index is 0.822. The summed E-state index contributed by atoms with van der Waals surface area (Å²) in [6.45, 7) is 9.57. The fourth-order valence-corrected chi connectivity index (χ4v) is 6.53. The molecule has 1 heterocycles. The third-order valence-electron chi connectivity index (χ3n) is 8.68. The highest BCUT2D eigenvalue weighted by Crippen LogP contribution is 2.46. The molecule has 1 nitrogen and oxygen atoms in total. The molecular formula is C41H35N. The van der Waals surface area contributed by atoms with Crippen LogP contribution in [-0.4, -0.2) is 0 Å². The Morgan fingerprint density at radius 3 is 1.57 bits per heavy atom. The first kappa shape index (κ1) is 26.0. The van der Waals surface area contributed by atoms with Gasteiger partial charge >= 0.3 is 0 Å². The average Bonchev–Trinajstić information content (AvgIpc) is 3.01. The van der Waals surface area contributed by atoms with E-state index in [1.807, 2.05) is 0 Å². The van der Waals surface area contributed by atoms with Crippen LogP contribution in [0.1, 0.15) is 27.8 Å². The largest absolute Gasteiger partial charge is 0.336 e. The molecule has 6 aromatic carbocycles. The Balaban J connectivity index is 1.36. The van der Waals surface area contributed by atoms with Crippen LogP contribution in [0.25, 0.3) is 44.5 Å². The lowest BCUT2D eigenvalue weighted by Crippen LogP contribution is -2.21. The van der Waals surface area contributed by atoms with Crippen LogP contribution in [-0.2, 0) is 6.54 Å². The Hall–Kier alpha value is -4.88. The number of rotatable bonds is 4.